The van der Waals surface area contributed by atoms with Gasteiger partial charge in [0, 0.05) is 25.5 Å². The number of hydrogen-bond acceptors (Lipinski definition) is 3. The first-order valence-corrected chi connectivity index (χ1v) is 6.24. The summed E-state index contributed by atoms with van der Waals surface area (Å²) in [6.07, 6.45) is 1.47. The zero-order valence-electron chi connectivity index (χ0n) is 11.8. The highest BCUT2D eigenvalue weighted by Crippen LogP contribution is 2.18. The highest BCUT2D eigenvalue weighted by molar-refractivity contribution is 6.02. The summed E-state index contributed by atoms with van der Waals surface area (Å²) in [5.74, 6) is 0.944. The number of anilines is 2. The molecule has 0 atom stereocenters. The molecule has 0 spiro atoms. The Labute approximate surface area is 117 Å². The summed E-state index contributed by atoms with van der Waals surface area (Å²) in [7, 11) is 3.70. The van der Waals surface area contributed by atoms with E-state index in [1.807, 2.05) is 43.1 Å². The van der Waals surface area contributed by atoms with E-state index in [9.17, 15) is 4.79 Å². The van der Waals surface area contributed by atoms with Gasteiger partial charge in [0.25, 0.3) is 5.91 Å². The largest absolute Gasteiger partial charge is 0.459 e. The third-order valence-corrected chi connectivity index (χ3v) is 3.07. The van der Waals surface area contributed by atoms with Crippen LogP contribution in [0.4, 0.5) is 11.4 Å². The Bertz CT molecular complexity index is 601. The van der Waals surface area contributed by atoms with Gasteiger partial charge in [-0.25, -0.2) is 0 Å². The molecule has 0 bridgehead atoms. The van der Waals surface area contributed by atoms with Gasteiger partial charge < -0.3 is 14.6 Å². The molecular formula is C15H17N3O2. The van der Waals surface area contributed by atoms with Crippen LogP contribution >= 0.6 is 0 Å². The van der Waals surface area contributed by atoms with Crippen LogP contribution in [0.1, 0.15) is 17.5 Å². The molecule has 0 unspecified atom stereocenters. The molecule has 0 radical (unpaired) electrons. The highest BCUT2D eigenvalue weighted by atomic mass is 16.3. The Hall–Kier alpha value is -2.56. The number of rotatable bonds is 3. The maximum Gasteiger partial charge on any atom is 0.291 e. The summed E-state index contributed by atoms with van der Waals surface area (Å²) in [6, 6.07) is 10.8. The zero-order chi connectivity index (χ0) is 14.5. The molecule has 1 aromatic carbocycles. The molecule has 2 aromatic rings. The van der Waals surface area contributed by atoms with Crippen molar-refractivity contribution >= 4 is 23.1 Å². The van der Waals surface area contributed by atoms with Gasteiger partial charge in [0.05, 0.1) is 12.1 Å². The highest BCUT2D eigenvalue weighted by Gasteiger charge is 2.09. The van der Waals surface area contributed by atoms with Crippen molar-refractivity contribution in [3.8, 4) is 0 Å². The van der Waals surface area contributed by atoms with Crippen LogP contribution in [-0.4, -0.2) is 25.8 Å². The fourth-order valence-electron chi connectivity index (χ4n) is 1.71. The van der Waals surface area contributed by atoms with Gasteiger partial charge in [-0.05, 0) is 43.3 Å². The number of nitrogens with one attached hydrogen (secondary N) is 1. The minimum absolute atomic E-state index is 0.262. The first-order valence-electron chi connectivity index (χ1n) is 6.24. The minimum Gasteiger partial charge on any atom is -0.459 e. The first-order chi connectivity index (χ1) is 9.61. The van der Waals surface area contributed by atoms with Gasteiger partial charge in [0.15, 0.2) is 5.76 Å². The molecule has 5 heteroatoms. The molecule has 0 aliphatic rings. The van der Waals surface area contributed by atoms with Gasteiger partial charge in [-0.2, -0.15) is 0 Å². The number of hydrogen-bond donors (Lipinski definition) is 1. The van der Waals surface area contributed by atoms with E-state index in [2.05, 4.69) is 10.3 Å². The first kappa shape index (κ1) is 13.9. The number of carbonyl (C=O) groups excluding carboxylic acids is 1. The number of benzene rings is 1. The zero-order valence-corrected chi connectivity index (χ0v) is 11.8. The topological polar surface area (TPSA) is 57.8 Å². The molecule has 20 heavy (non-hydrogen) atoms. The van der Waals surface area contributed by atoms with Crippen molar-refractivity contribution in [2.75, 3.05) is 24.3 Å². The van der Waals surface area contributed by atoms with Crippen LogP contribution in [0.5, 0.6) is 0 Å². The average molecular weight is 271 g/mol. The summed E-state index contributed by atoms with van der Waals surface area (Å²) in [5.41, 5.74) is 1.72. The number of amidine groups is 1. The number of amides is 1. The number of furan rings is 1. The van der Waals surface area contributed by atoms with Crippen LogP contribution in [-0.2, 0) is 0 Å². The summed E-state index contributed by atoms with van der Waals surface area (Å²) in [6.45, 7) is 1.94. The van der Waals surface area contributed by atoms with Gasteiger partial charge in [-0.3, -0.25) is 9.79 Å². The Morgan fingerprint density at radius 2 is 1.95 bits per heavy atom. The maximum atomic E-state index is 11.8. The third kappa shape index (κ3) is 3.06. The van der Waals surface area contributed by atoms with Gasteiger partial charge in [-0.1, -0.05) is 0 Å². The van der Waals surface area contributed by atoms with Crippen molar-refractivity contribution in [1.29, 1.82) is 0 Å². The summed E-state index contributed by atoms with van der Waals surface area (Å²) in [4.78, 5) is 17.9. The van der Waals surface area contributed by atoms with E-state index < -0.39 is 0 Å². The monoisotopic (exact) mass is 271 g/mol. The molecule has 0 fully saturated rings. The second-order valence-electron chi connectivity index (χ2n) is 4.31. The molecule has 0 saturated carbocycles. The van der Waals surface area contributed by atoms with Crippen LogP contribution in [0.3, 0.4) is 0 Å². The third-order valence-electron chi connectivity index (χ3n) is 3.07. The molecule has 0 saturated heterocycles. The van der Waals surface area contributed by atoms with E-state index in [0.29, 0.717) is 5.76 Å². The molecule has 1 N–H and O–H groups in total. The van der Waals surface area contributed by atoms with Crippen molar-refractivity contribution < 1.29 is 9.21 Å². The van der Waals surface area contributed by atoms with Crippen LogP contribution in [0, 0.1) is 0 Å². The van der Waals surface area contributed by atoms with E-state index in [-0.39, 0.29) is 5.91 Å². The Balaban J connectivity index is 2.07. The predicted octanol–water partition coefficient (Wildman–Crippen LogP) is 3.02. The molecule has 104 valence electrons. The van der Waals surface area contributed by atoms with Crippen LogP contribution in [0.15, 0.2) is 52.1 Å². The van der Waals surface area contributed by atoms with E-state index in [1.165, 1.54) is 6.26 Å². The van der Waals surface area contributed by atoms with Gasteiger partial charge in [0.2, 0.25) is 0 Å². The van der Waals surface area contributed by atoms with Gasteiger partial charge in [0.1, 0.15) is 0 Å². The fraction of sp³-hybridized carbons (Fsp3) is 0.200. The quantitative estimate of drug-likeness (QED) is 0.689. The minimum atomic E-state index is -0.262. The number of aliphatic imine (C=N–C) groups is 1. The number of nitrogens with zero attached hydrogens (tertiary/aromatic N) is 2. The average Bonchev–Trinajstić information content (AvgIpc) is 3.01. The second-order valence-corrected chi connectivity index (χ2v) is 4.31. The lowest BCUT2D eigenvalue weighted by Crippen LogP contribution is -2.23. The van der Waals surface area contributed by atoms with Crippen LogP contribution < -0.4 is 10.2 Å². The lowest BCUT2D eigenvalue weighted by molar-refractivity contribution is 0.0996. The summed E-state index contributed by atoms with van der Waals surface area (Å²) >= 11 is 0. The van der Waals surface area contributed by atoms with Crippen molar-refractivity contribution in [2.45, 2.75) is 6.92 Å². The summed E-state index contributed by atoms with van der Waals surface area (Å²) in [5, 5.41) is 2.77. The van der Waals surface area contributed by atoms with E-state index in [0.717, 1.165) is 17.2 Å². The maximum absolute atomic E-state index is 11.8. The molecular weight excluding hydrogens is 254 g/mol. The standard InChI is InChI=1S/C15H17N3O2/c1-11(16-2)18(3)13-8-6-12(7-9-13)17-15(19)14-5-4-10-20-14/h4-10H,1-3H3,(H,17,19). The molecule has 0 aliphatic carbocycles. The second kappa shape index (κ2) is 6.06. The van der Waals surface area contributed by atoms with Gasteiger partial charge in [-0.15, -0.1) is 0 Å². The molecule has 1 heterocycles. The Morgan fingerprint density at radius 3 is 2.50 bits per heavy atom. The van der Waals surface area contributed by atoms with Crippen LogP contribution in [0.25, 0.3) is 0 Å². The van der Waals surface area contributed by atoms with Crippen LogP contribution in [0.2, 0.25) is 0 Å². The molecule has 0 aliphatic heterocycles. The fourth-order valence-corrected chi connectivity index (χ4v) is 1.71. The number of carbonyl (C=O) groups is 1. The SMILES string of the molecule is CN=C(C)N(C)c1ccc(NC(=O)c2ccco2)cc1. The lowest BCUT2D eigenvalue weighted by Gasteiger charge is -2.18. The van der Waals surface area contributed by atoms with Gasteiger partial charge >= 0.3 is 0 Å². The van der Waals surface area contributed by atoms with E-state index in [1.54, 1.807) is 19.2 Å². The molecule has 1 amide bonds. The van der Waals surface area contributed by atoms with Crippen molar-refractivity contribution in [3.63, 3.8) is 0 Å². The lowest BCUT2D eigenvalue weighted by atomic mass is 10.2. The molecule has 5 nitrogen and oxygen atoms in total. The normalized spacial score (nSPS) is 11.2. The van der Waals surface area contributed by atoms with Crippen molar-refractivity contribution in [2.24, 2.45) is 4.99 Å². The Kier molecular flexibility index (Phi) is 4.20. The Morgan fingerprint density at radius 1 is 1.25 bits per heavy atom. The van der Waals surface area contributed by atoms with Crippen molar-refractivity contribution in [3.05, 3.63) is 48.4 Å². The van der Waals surface area contributed by atoms with E-state index >= 15 is 0 Å². The smallest absolute Gasteiger partial charge is 0.291 e. The summed E-state index contributed by atoms with van der Waals surface area (Å²) < 4.78 is 5.04. The van der Waals surface area contributed by atoms with E-state index in [4.69, 9.17) is 4.42 Å². The molecule has 1 aromatic heterocycles. The van der Waals surface area contributed by atoms with Crippen molar-refractivity contribution in [1.82, 2.24) is 0 Å². The molecule has 2 rings (SSSR count). The predicted molar refractivity (Wildman–Crippen MR) is 80.5 cm³/mol.